The van der Waals surface area contributed by atoms with Crippen LogP contribution in [-0.4, -0.2) is 30.4 Å². The summed E-state index contributed by atoms with van der Waals surface area (Å²) < 4.78 is 4.71. The number of methoxy groups -OCH3 is 1. The maximum Gasteiger partial charge on any atom is 0.339 e. The predicted molar refractivity (Wildman–Crippen MR) is 99.4 cm³/mol. The Morgan fingerprint density at radius 1 is 0.846 bits per heavy atom. The van der Waals surface area contributed by atoms with E-state index in [0.717, 1.165) is 0 Å². The molecule has 2 rings (SSSR count). The van der Waals surface area contributed by atoms with Crippen molar-refractivity contribution in [3.05, 3.63) is 65.2 Å². The maximum absolute atomic E-state index is 12.4. The quantitative estimate of drug-likeness (QED) is 0.826. The van der Waals surface area contributed by atoms with Gasteiger partial charge in [0.15, 0.2) is 0 Å². The second-order valence-electron chi connectivity index (χ2n) is 6.77. The van der Waals surface area contributed by atoms with Crippen LogP contribution in [0, 0.1) is 0 Å². The lowest BCUT2D eigenvalue weighted by Crippen LogP contribution is -2.40. The van der Waals surface area contributed by atoms with Crippen molar-refractivity contribution in [2.75, 3.05) is 12.4 Å². The normalized spacial score (nSPS) is 10.8. The molecule has 0 aliphatic carbocycles. The SMILES string of the molecule is COC(=O)c1ccccc1NC(=O)c1ccc(C(=O)NC(C)(C)C)cc1. The highest BCUT2D eigenvalue weighted by molar-refractivity contribution is 6.08. The molecule has 0 heterocycles. The first kappa shape index (κ1) is 19.2. The van der Waals surface area contributed by atoms with Gasteiger partial charge in [0, 0.05) is 16.7 Å². The number of carbonyl (C=O) groups excluding carboxylic acids is 3. The molecule has 6 heteroatoms. The number of benzene rings is 2. The molecule has 0 aliphatic heterocycles. The van der Waals surface area contributed by atoms with Crippen LogP contribution in [0.25, 0.3) is 0 Å². The summed E-state index contributed by atoms with van der Waals surface area (Å²) in [6.45, 7) is 5.68. The molecule has 26 heavy (non-hydrogen) atoms. The molecule has 0 aliphatic rings. The summed E-state index contributed by atoms with van der Waals surface area (Å²) >= 11 is 0. The topological polar surface area (TPSA) is 84.5 Å². The zero-order valence-electron chi connectivity index (χ0n) is 15.3. The summed E-state index contributed by atoms with van der Waals surface area (Å²) in [5.41, 5.74) is 1.12. The van der Waals surface area contributed by atoms with Crippen LogP contribution < -0.4 is 10.6 Å². The zero-order valence-corrected chi connectivity index (χ0v) is 15.3. The third kappa shape index (κ3) is 4.92. The molecule has 2 aromatic carbocycles. The van der Waals surface area contributed by atoms with Gasteiger partial charge in [-0.1, -0.05) is 12.1 Å². The van der Waals surface area contributed by atoms with Crippen LogP contribution in [0.2, 0.25) is 0 Å². The molecular weight excluding hydrogens is 332 g/mol. The Morgan fingerprint density at radius 2 is 1.38 bits per heavy atom. The van der Waals surface area contributed by atoms with E-state index in [2.05, 4.69) is 10.6 Å². The summed E-state index contributed by atoms with van der Waals surface area (Å²) in [7, 11) is 1.28. The highest BCUT2D eigenvalue weighted by atomic mass is 16.5. The van der Waals surface area contributed by atoms with Crippen molar-refractivity contribution >= 4 is 23.5 Å². The van der Waals surface area contributed by atoms with Crippen LogP contribution in [0.4, 0.5) is 5.69 Å². The van der Waals surface area contributed by atoms with Crippen molar-refractivity contribution in [1.29, 1.82) is 0 Å². The number of nitrogens with one attached hydrogen (secondary N) is 2. The first-order valence-corrected chi connectivity index (χ1v) is 8.12. The largest absolute Gasteiger partial charge is 0.465 e. The van der Waals surface area contributed by atoms with Crippen molar-refractivity contribution < 1.29 is 19.1 Å². The van der Waals surface area contributed by atoms with Crippen LogP contribution in [0.1, 0.15) is 51.8 Å². The van der Waals surface area contributed by atoms with Gasteiger partial charge in [0.25, 0.3) is 11.8 Å². The summed E-state index contributed by atoms with van der Waals surface area (Å²) in [4.78, 5) is 36.3. The Bertz CT molecular complexity index is 820. The van der Waals surface area contributed by atoms with Gasteiger partial charge in [-0.25, -0.2) is 4.79 Å². The number of hydrogen-bond donors (Lipinski definition) is 2. The lowest BCUT2D eigenvalue weighted by atomic mass is 10.1. The number of carbonyl (C=O) groups is 3. The van der Waals surface area contributed by atoms with E-state index >= 15 is 0 Å². The lowest BCUT2D eigenvalue weighted by molar-refractivity contribution is 0.0601. The van der Waals surface area contributed by atoms with E-state index < -0.39 is 5.97 Å². The summed E-state index contributed by atoms with van der Waals surface area (Å²) in [5.74, 6) is -1.13. The van der Waals surface area contributed by atoms with E-state index in [-0.39, 0.29) is 22.9 Å². The van der Waals surface area contributed by atoms with Crippen LogP contribution >= 0.6 is 0 Å². The number of hydrogen-bond acceptors (Lipinski definition) is 4. The first-order chi connectivity index (χ1) is 12.2. The molecule has 0 unspecified atom stereocenters. The van der Waals surface area contributed by atoms with Crippen LogP contribution in [0.3, 0.4) is 0 Å². The van der Waals surface area contributed by atoms with E-state index in [1.54, 1.807) is 48.5 Å². The molecule has 136 valence electrons. The second kappa shape index (κ2) is 7.82. The average molecular weight is 354 g/mol. The molecule has 2 aromatic rings. The number of rotatable bonds is 4. The summed E-state index contributed by atoms with van der Waals surface area (Å²) in [5, 5.41) is 5.55. The number of esters is 1. The van der Waals surface area contributed by atoms with Crippen molar-refractivity contribution in [2.24, 2.45) is 0 Å². The molecule has 6 nitrogen and oxygen atoms in total. The maximum atomic E-state index is 12.4. The minimum atomic E-state index is -0.532. The minimum Gasteiger partial charge on any atom is -0.465 e. The molecule has 0 spiro atoms. The van der Waals surface area contributed by atoms with Gasteiger partial charge < -0.3 is 15.4 Å². The molecule has 0 atom stereocenters. The summed E-state index contributed by atoms with van der Waals surface area (Å²) in [6.07, 6.45) is 0. The van der Waals surface area contributed by atoms with E-state index in [0.29, 0.717) is 16.8 Å². The Labute approximate surface area is 152 Å². The van der Waals surface area contributed by atoms with E-state index in [1.807, 2.05) is 20.8 Å². The number of amides is 2. The second-order valence-corrected chi connectivity index (χ2v) is 6.77. The van der Waals surface area contributed by atoms with Crippen LogP contribution in [-0.2, 0) is 4.74 Å². The van der Waals surface area contributed by atoms with Crippen LogP contribution in [0.5, 0.6) is 0 Å². The Kier molecular flexibility index (Phi) is 5.77. The van der Waals surface area contributed by atoms with Gasteiger partial charge in [0.2, 0.25) is 0 Å². The monoisotopic (exact) mass is 354 g/mol. The van der Waals surface area contributed by atoms with Gasteiger partial charge in [-0.3, -0.25) is 9.59 Å². The van der Waals surface area contributed by atoms with E-state index in [9.17, 15) is 14.4 Å². The van der Waals surface area contributed by atoms with Crippen LogP contribution in [0.15, 0.2) is 48.5 Å². The lowest BCUT2D eigenvalue weighted by Gasteiger charge is -2.20. The molecule has 0 saturated carbocycles. The summed E-state index contributed by atoms with van der Waals surface area (Å²) in [6, 6.07) is 12.9. The van der Waals surface area contributed by atoms with Gasteiger partial charge in [-0.05, 0) is 57.2 Å². The zero-order chi connectivity index (χ0) is 19.3. The van der Waals surface area contributed by atoms with Gasteiger partial charge in [-0.15, -0.1) is 0 Å². The molecule has 2 amide bonds. The van der Waals surface area contributed by atoms with Crippen molar-refractivity contribution in [3.63, 3.8) is 0 Å². The van der Waals surface area contributed by atoms with Crippen molar-refractivity contribution in [1.82, 2.24) is 5.32 Å². The minimum absolute atomic E-state index is 0.208. The highest BCUT2D eigenvalue weighted by Crippen LogP contribution is 2.17. The van der Waals surface area contributed by atoms with E-state index in [1.165, 1.54) is 7.11 Å². The molecule has 0 saturated heterocycles. The predicted octanol–water partition coefficient (Wildman–Crippen LogP) is 3.25. The Morgan fingerprint density at radius 3 is 1.92 bits per heavy atom. The molecular formula is C20H22N2O4. The first-order valence-electron chi connectivity index (χ1n) is 8.12. The molecule has 0 aromatic heterocycles. The molecule has 0 radical (unpaired) electrons. The van der Waals surface area contributed by atoms with Gasteiger partial charge >= 0.3 is 5.97 Å². The van der Waals surface area contributed by atoms with Crippen molar-refractivity contribution in [3.8, 4) is 0 Å². The van der Waals surface area contributed by atoms with Crippen molar-refractivity contribution in [2.45, 2.75) is 26.3 Å². The fraction of sp³-hybridized carbons (Fsp3) is 0.250. The third-order valence-corrected chi connectivity index (χ3v) is 3.48. The average Bonchev–Trinajstić information content (AvgIpc) is 2.60. The number of anilines is 1. The fourth-order valence-corrected chi connectivity index (χ4v) is 2.26. The molecule has 0 fully saturated rings. The van der Waals surface area contributed by atoms with Gasteiger partial charge in [0.1, 0.15) is 0 Å². The van der Waals surface area contributed by atoms with Gasteiger partial charge in [-0.2, -0.15) is 0 Å². The molecule has 2 N–H and O–H groups in total. The standard InChI is InChI=1S/C20H22N2O4/c1-20(2,3)22-18(24)14-11-9-13(10-12-14)17(23)21-16-8-6-5-7-15(16)19(25)26-4/h5-12H,1-4H3,(H,21,23)(H,22,24). The van der Waals surface area contributed by atoms with E-state index in [4.69, 9.17) is 4.74 Å². The number of ether oxygens (including phenoxy) is 1. The molecule has 0 bridgehead atoms. The smallest absolute Gasteiger partial charge is 0.339 e. The Balaban J connectivity index is 2.14. The fourth-order valence-electron chi connectivity index (χ4n) is 2.26. The van der Waals surface area contributed by atoms with Gasteiger partial charge in [0.05, 0.1) is 18.4 Å². The highest BCUT2D eigenvalue weighted by Gasteiger charge is 2.17. The Hall–Kier alpha value is -3.15. The third-order valence-electron chi connectivity index (χ3n) is 3.48. The number of para-hydroxylation sites is 1.